The maximum atomic E-state index is 13.0. The Morgan fingerprint density at radius 2 is 2.06 bits per heavy atom. The molecular weight excluding hydrogens is 396 g/mol. The summed E-state index contributed by atoms with van der Waals surface area (Å²) in [5, 5.41) is 19.9. The van der Waals surface area contributed by atoms with Crippen LogP contribution in [0.4, 0.5) is 5.69 Å². The van der Waals surface area contributed by atoms with Gasteiger partial charge in [-0.15, -0.1) is 0 Å². The number of likely N-dealkylation sites (tertiary alicyclic amines) is 1. The molecule has 2 aromatic rings. The third-order valence-corrected chi connectivity index (χ3v) is 6.58. The highest BCUT2D eigenvalue weighted by molar-refractivity contribution is 5.96. The molecule has 9 heteroatoms. The van der Waals surface area contributed by atoms with Gasteiger partial charge in [0.2, 0.25) is 5.91 Å². The Morgan fingerprint density at radius 3 is 2.87 bits per heavy atom. The number of rotatable bonds is 9. The molecule has 1 aromatic carbocycles. The normalized spacial score (nSPS) is 20.0. The van der Waals surface area contributed by atoms with Crippen molar-refractivity contribution in [2.24, 2.45) is 5.92 Å². The highest BCUT2D eigenvalue weighted by Gasteiger charge is 2.32. The number of aromatic amines is 1. The number of carbonyl (C=O) groups is 2. The summed E-state index contributed by atoms with van der Waals surface area (Å²) in [7, 11) is 0. The van der Waals surface area contributed by atoms with E-state index in [1.165, 1.54) is 25.7 Å². The molecule has 9 nitrogen and oxygen atoms in total. The lowest BCUT2D eigenvalue weighted by molar-refractivity contribution is -0.131. The van der Waals surface area contributed by atoms with Gasteiger partial charge in [-0.25, -0.2) is 5.48 Å². The first-order valence-corrected chi connectivity index (χ1v) is 11.3. The van der Waals surface area contributed by atoms with Crippen LogP contribution in [0.15, 0.2) is 24.4 Å². The number of hydroxylamine groups is 1. The van der Waals surface area contributed by atoms with Crippen molar-refractivity contribution in [3.05, 3.63) is 24.4 Å². The fraction of sp³-hybridized carbons (Fsp3) is 0.591. The van der Waals surface area contributed by atoms with Crippen LogP contribution in [0.2, 0.25) is 0 Å². The molecule has 2 aliphatic rings. The Kier molecular flexibility index (Phi) is 7.16. The average molecular weight is 429 g/mol. The van der Waals surface area contributed by atoms with Gasteiger partial charge in [0, 0.05) is 24.2 Å². The maximum Gasteiger partial charge on any atom is 0.257 e. The summed E-state index contributed by atoms with van der Waals surface area (Å²) in [6.07, 6.45) is 9.64. The second-order valence-corrected chi connectivity index (χ2v) is 8.80. The predicted octanol–water partition coefficient (Wildman–Crippen LogP) is 2.31. The van der Waals surface area contributed by atoms with Crippen LogP contribution < -0.4 is 10.8 Å². The van der Waals surface area contributed by atoms with Gasteiger partial charge in [-0.2, -0.15) is 5.10 Å². The zero-order valence-corrected chi connectivity index (χ0v) is 17.8. The van der Waals surface area contributed by atoms with E-state index in [-0.39, 0.29) is 18.5 Å². The van der Waals surface area contributed by atoms with E-state index >= 15 is 0 Å². The molecule has 0 radical (unpaired) electrons. The standard InChI is InChI=1S/C22H32N6O3/c29-21(26-31)14-27(11-9-16-4-1-2-5-16)15-28-10-3-6-20(28)22(30)24-18-8-7-17-13-23-25-19(17)12-18/h7-8,12-13,16,20,31H,1-6,9-11,14-15H2,(H,23,25)(H,24,30)(H,26,29)/t20-/m0/s1. The number of hydrogen-bond acceptors (Lipinski definition) is 6. The van der Waals surface area contributed by atoms with E-state index in [9.17, 15) is 9.59 Å². The molecule has 1 atom stereocenters. The molecule has 0 unspecified atom stereocenters. The first-order chi connectivity index (χ1) is 15.1. The topological polar surface area (TPSA) is 114 Å². The predicted molar refractivity (Wildman–Crippen MR) is 117 cm³/mol. The van der Waals surface area contributed by atoms with Crippen molar-refractivity contribution in [3.63, 3.8) is 0 Å². The second kappa shape index (κ2) is 10.2. The Labute approximate surface area is 182 Å². The first kappa shape index (κ1) is 21.7. The van der Waals surface area contributed by atoms with Crippen LogP contribution in [0.5, 0.6) is 0 Å². The minimum Gasteiger partial charge on any atom is -0.325 e. The van der Waals surface area contributed by atoms with Gasteiger partial charge in [-0.3, -0.25) is 29.7 Å². The zero-order chi connectivity index (χ0) is 21.6. The second-order valence-electron chi connectivity index (χ2n) is 8.80. The van der Waals surface area contributed by atoms with Gasteiger partial charge in [0.15, 0.2) is 0 Å². The number of H-pyrrole nitrogens is 1. The summed E-state index contributed by atoms with van der Waals surface area (Å²) < 4.78 is 0. The van der Waals surface area contributed by atoms with Crippen molar-refractivity contribution >= 4 is 28.4 Å². The van der Waals surface area contributed by atoms with Crippen molar-refractivity contribution in [2.75, 3.05) is 31.6 Å². The molecule has 2 amide bonds. The van der Waals surface area contributed by atoms with Crippen LogP contribution in [0.1, 0.15) is 44.9 Å². The van der Waals surface area contributed by atoms with Gasteiger partial charge in [-0.05, 0) is 43.4 Å². The van der Waals surface area contributed by atoms with Gasteiger partial charge in [0.25, 0.3) is 5.91 Å². The zero-order valence-electron chi connectivity index (χ0n) is 17.8. The molecule has 1 aromatic heterocycles. The van der Waals surface area contributed by atoms with Crippen LogP contribution in [-0.4, -0.2) is 69.4 Å². The summed E-state index contributed by atoms with van der Waals surface area (Å²) >= 11 is 0. The molecular formula is C22H32N6O3. The molecule has 2 fully saturated rings. The van der Waals surface area contributed by atoms with Crippen molar-refractivity contribution in [2.45, 2.75) is 51.0 Å². The molecule has 0 bridgehead atoms. The molecule has 4 N–H and O–H groups in total. The largest absolute Gasteiger partial charge is 0.325 e. The maximum absolute atomic E-state index is 13.0. The Balaban J connectivity index is 1.37. The van der Waals surface area contributed by atoms with Crippen LogP contribution in [-0.2, 0) is 9.59 Å². The summed E-state index contributed by atoms with van der Waals surface area (Å²) in [5.41, 5.74) is 3.37. The molecule has 31 heavy (non-hydrogen) atoms. The fourth-order valence-electron chi connectivity index (χ4n) is 4.89. The minimum absolute atomic E-state index is 0.0290. The number of fused-ring (bicyclic) bond motifs is 1. The smallest absolute Gasteiger partial charge is 0.257 e. The Morgan fingerprint density at radius 1 is 1.23 bits per heavy atom. The van der Waals surface area contributed by atoms with Gasteiger partial charge in [-0.1, -0.05) is 25.7 Å². The molecule has 1 aliphatic carbocycles. The van der Waals surface area contributed by atoms with Gasteiger partial charge >= 0.3 is 0 Å². The van der Waals surface area contributed by atoms with E-state index in [0.717, 1.165) is 54.9 Å². The van der Waals surface area contributed by atoms with Crippen LogP contribution >= 0.6 is 0 Å². The number of carbonyl (C=O) groups excluding carboxylic acids is 2. The number of amides is 2. The van der Waals surface area contributed by atoms with Crippen molar-refractivity contribution in [3.8, 4) is 0 Å². The lowest BCUT2D eigenvalue weighted by atomic mass is 10.0. The summed E-state index contributed by atoms with van der Waals surface area (Å²) in [6, 6.07) is 5.47. The van der Waals surface area contributed by atoms with E-state index in [2.05, 4.69) is 20.4 Å². The fourth-order valence-corrected chi connectivity index (χ4v) is 4.89. The monoisotopic (exact) mass is 428 g/mol. The summed E-state index contributed by atoms with van der Waals surface area (Å²) in [5.74, 6) is 0.271. The molecule has 4 rings (SSSR count). The summed E-state index contributed by atoms with van der Waals surface area (Å²) in [4.78, 5) is 29.0. The SMILES string of the molecule is O=C(CN(CCC1CCCC1)CN1CCC[C@H]1C(=O)Nc1ccc2cn[nH]c2c1)NO. The molecule has 1 saturated heterocycles. The highest BCUT2D eigenvalue weighted by atomic mass is 16.5. The lowest BCUT2D eigenvalue weighted by Gasteiger charge is -2.31. The first-order valence-electron chi connectivity index (χ1n) is 11.3. The quantitative estimate of drug-likeness (QED) is 0.360. The highest BCUT2D eigenvalue weighted by Crippen LogP contribution is 2.28. The van der Waals surface area contributed by atoms with E-state index in [4.69, 9.17) is 5.21 Å². The van der Waals surface area contributed by atoms with Gasteiger partial charge < -0.3 is 5.32 Å². The third kappa shape index (κ3) is 5.61. The van der Waals surface area contributed by atoms with Crippen LogP contribution in [0.25, 0.3) is 10.9 Å². The molecule has 168 valence electrons. The van der Waals surface area contributed by atoms with Crippen LogP contribution in [0, 0.1) is 5.92 Å². The summed E-state index contributed by atoms with van der Waals surface area (Å²) in [6.45, 7) is 2.28. The molecule has 1 aliphatic heterocycles. The van der Waals surface area contributed by atoms with Gasteiger partial charge in [0.1, 0.15) is 0 Å². The van der Waals surface area contributed by atoms with Crippen molar-refractivity contribution < 1.29 is 14.8 Å². The average Bonchev–Trinajstić information content (AvgIpc) is 3.53. The van der Waals surface area contributed by atoms with E-state index < -0.39 is 5.91 Å². The van der Waals surface area contributed by atoms with Crippen LogP contribution in [0.3, 0.4) is 0 Å². The van der Waals surface area contributed by atoms with E-state index in [1.54, 1.807) is 11.7 Å². The van der Waals surface area contributed by atoms with E-state index in [1.807, 2.05) is 23.1 Å². The number of nitrogens with zero attached hydrogens (tertiary/aromatic N) is 3. The Hall–Kier alpha value is -2.49. The van der Waals surface area contributed by atoms with E-state index in [0.29, 0.717) is 6.67 Å². The molecule has 0 spiro atoms. The lowest BCUT2D eigenvalue weighted by Crippen LogP contribution is -2.48. The molecule has 1 saturated carbocycles. The number of aromatic nitrogens is 2. The number of nitrogens with one attached hydrogen (secondary N) is 3. The van der Waals surface area contributed by atoms with Crippen molar-refractivity contribution in [1.29, 1.82) is 0 Å². The Bertz CT molecular complexity index is 894. The minimum atomic E-state index is -0.417. The third-order valence-electron chi connectivity index (χ3n) is 6.58. The number of hydrogen-bond donors (Lipinski definition) is 4. The number of anilines is 1. The van der Waals surface area contributed by atoms with Crippen molar-refractivity contribution in [1.82, 2.24) is 25.5 Å². The molecule has 2 heterocycles. The van der Waals surface area contributed by atoms with Gasteiger partial charge in [0.05, 0.1) is 31.0 Å². The number of benzene rings is 1.